The standard InChI is InChI=1S/C16H20N2OS/c19-16-6-2-1-5-15(16)18-11-9-17(10-12-18)8-7-14-4-3-13-20-14/h1-6,13,19H,7-12H2. The van der Waals surface area contributed by atoms with E-state index in [0.717, 1.165) is 44.8 Å². The van der Waals surface area contributed by atoms with Crippen LogP contribution < -0.4 is 4.90 Å². The summed E-state index contributed by atoms with van der Waals surface area (Å²) in [7, 11) is 0. The molecule has 1 aliphatic rings. The molecule has 0 amide bonds. The van der Waals surface area contributed by atoms with E-state index in [1.165, 1.54) is 4.88 Å². The van der Waals surface area contributed by atoms with Crippen molar-refractivity contribution >= 4 is 17.0 Å². The molecule has 0 atom stereocenters. The Hall–Kier alpha value is -1.52. The van der Waals surface area contributed by atoms with E-state index in [0.29, 0.717) is 5.75 Å². The zero-order valence-corrected chi connectivity index (χ0v) is 12.4. The van der Waals surface area contributed by atoms with Crippen LogP contribution in [0.15, 0.2) is 41.8 Å². The van der Waals surface area contributed by atoms with E-state index in [1.54, 1.807) is 6.07 Å². The third kappa shape index (κ3) is 3.14. The van der Waals surface area contributed by atoms with E-state index in [-0.39, 0.29) is 0 Å². The maximum atomic E-state index is 9.90. The second-order valence-electron chi connectivity index (χ2n) is 5.15. The van der Waals surface area contributed by atoms with Crippen molar-refractivity contribution in [3.05, 3.63) is 46.7 Å². The second-order valence-corrected chi connectivity index (χ2v) is 6.18. The largest absolute Gasteiger partial charge is 0.506 e. The number of rotatable bonds is 4. The van der Waals surface area contributed by atoms with Crippen LogP contribution in [0.3, 0.4) is 0 Å². The van der Waals surface area contributed by atoms with Gasteiger partial charge >= 0.3 is 0 Å². The van der Waals surface area contributed by atoms with Crippen molar-refractivity contribution in [2.45, 2.75) is 6.42 Å². The van der Waals surface area contributed by atoms with Crippen LogP contribution >= 0.6 is 11.3 Å². The SMILES string of the molecule is Oc1ccccc1N1CCN(CCc2cccs2)CC1. The predicted molar refractivity (Wildman–Crippen MR) is 84.8 cm³/mol. The highest BCUT2D eigenvalue weighted by Gasteiger charge is 2.18. The summed E-state index contributed by atoms with van der Waals surface area (Å²) in [5, 5.41) is 12.0. The highest BCUT2D eigenvalue weighted by molar-refractivity contribution is 7.09. The Balaban J connectivity index is 1.51. The fourth-order valence-corrected chi connectivity index (χ4v) is 3.37. The Labute approximate surface area is 124 Å². The molecule has 0 saturated carbocycles. The Bertz CT molecular complexity index is 533. The number of hydrogen-bond acceptors (Lipinski definition) is 4. The summed E-state index contributed by atoms with van der Waals surface area (Å²) in [6.07, 6.45) is 1.15. The molecule has 0 spiro atoms. The summed E-state index contributed by atoms with van der Waals surface area (Å²) in [5.74, 6) is 0.388. The van der Waals surface area contributed by atoms with E-state index >= 15 is 0 Å². The van der Waals surface area contributed by atoms with Gasteiger partial charge in [-0.2, -0.15) is 0 Å². The quantitative estimate of drug-likeness (QED) is 0.937. The second kappa shape index (κ2) is 6.29. The van der Waals surface area contributed by atoms with Gasteiger partial charge in [0.1, 0.15) is 5.75 Å². The normalized spacial score (nSPS) is 16.5. The lowest BCUT2D eigenvalue weighted by Gasteiger charge is -2.36. The molecule has 3 nitrogen and oxygen atoms in total. The van der Waals surface area contributed by atoms with E-state index in [1.807, 2.05) is 29.5 Å². The third-order valence-electron chi connectivity index (χ3n) is 3.85. The van der Waals surface area contributed by atoms with Crippen molar-refractivity contribution in [2.24, 2.45) is 0 Å². The van der Waals surface area contributed by atoms with Crippen LogP contribution in [0.1, 0.15) is 4.88 Å². The number of aromatic hydroxyl groups is 1. The molecule has 1 N–H and O–H groups in total. The number of nitrogens with zero attached hydrogens (tertiary/aromatic N) is 2. The van der Waals surface area contributed by atoms with Crippen molar-refractivity contribution in [2.75, 3.05) is 37.6 Å². The summed E-state index contributed by atoms with van der Waals surface area (Å²) >= 11 is 1.84. The zero-order valence-electron chi connectivity index (χ0n) is 11.5. The van der Waals surface area contributed by atoms with Crippen LogP contribution in [0.5, 0.6) is 5.75 Å². The van der Waals surface area contributed by atoms with E-state index in [9.17, 15) is 5.11 Å². The first-order valence-corrected chi connectivity index (χ1v) is 7.98. The monoisotopic (exact) mass is 288 g/mol. The molecule has 1 aliphatic heterocycles. The van der Waals surface area contributed by atoms with Gasteiger partial charge in [0.05, 0.1) is 5.69 Å². The van der Waals surface area contributed by atoms with Gasteiger partial charge in [0.15, 0.2) is 0 Å². The Morgan fingerprint density at radius 1 is 1.00 bits per heavy atom. The van der Waals surface area contributed by atoms with Gasteiger partial charge in [0, 0.05) is 37.6 Å². The van der Waals surface area contributed by atoms with Gasteiger partial charge in [-0.1, -0.05) is 18.2 Å². The molecule has 0 bridgehead atoms. The zero-order chi connectivity index (χ0) is 13.8. The van der Waals surface area contributed by atoms with Crippen LogP contribution in [0.25, 0.3) is 0 Å². The number of thiophene rings is 1. The van der Waals surface area contributed by atoms with E-state index in [4.69, 9.17) is 0 Å². The summed E-state index contributed by atoms with van der Waals surface area (Å²) in [5.41, 5.74) is 0.963. The van der Waals surface area contributed by atoms with E-state index in [2.05, 4.69) is 27.3 Å². The van der Waals surface area contributed by atoms with Crippen LogP contribution in [0.2, 0.25) is 0 Å². The van der Waals surface area contributed by atoms with Crippen LogP contribution in [0, 0.1) is 0 Å². The first kappa shape index (κ1) is 13.5. The molecule has 0 unspecified atom stereocenters. The van der Waals surface area contributed by atoms with Gasteiger partial charge in [0.25, 0.3) is 0 Å². The first-order valence-electron chi connectivity index (χ1n) is 7.10. The maximum absolute atomic E-state index is 9.90. The summed E-state index contributed by atoms with van der Waals surface area (Å²) in [4.78, 5) is 6.25. The molecule has 1 saturated heterocycles. The topological polar surface area (TPSA) is 26.7 Å². The van der Waals surface area contributed by atoms with Gasteiger partial charge < -0.3 is 10.0 Å². The number of phenols is 1. The maximum Gasteiger partial charge on any atom is 0.138 e. The van der Waals surface area contributed by atoms with Gasteiger partial charge in [-0.05, 0) is 30.0 Å². The summed E-state index contributed by atoms with van der Waals surface area (Å²) < 4.78 is 0. The molecular weight excluding hydrogens is 268 g/mol. The number of phenolic OH excluding ortho intramolecular Hbond substituents is 1. The molecule has 2 heterocycles. The van der Waals surface area contributed by atoms with Crippen molar-refractivity contribution in [3.63, 3.8) is 0 Å². The van der Waals surface area contributed by atoms with Crippen LogP contribution in [-0.2, 0) is 6.42 Å². The highest BCUT2D eigenvalue weighted by atomic mass is 32.1. The number of hydrogen-bond donors (Lipinski definition) is 1. The lowest BCUT2D eigenvalue weighted by molar-refractivity contribution is 0.261. The van der Waals surface area contributed by atoms with Gasteiger partial charge in [-0.3, -0.25) is 4.90 Å². The van der Waals surface area contributed by atoms with Crippen LogP contribution in [0.4, 0.5) is 5.69 Å². The summed E-state index contributed by atoms with van der Waals surface area (Å²) in [6, 6.07) is 11.9. The van der Waals surface area contributed by atoms with Gasteiger partial charge in [0.2, 0.25) is 0 Å². The number of anilines is 1. The molecular formula is C16H20N2OS. The average molecular weight is 288 g/mol. The fourth-order valence-electron chi connectivity index (χ4n) is 2.67. The first-order chi connectivity index (χ1) is 9.83. The number of piperazine rings is 1. The highest BCUT2D eigenvalue weighted by Crippen LogP contribution is 2.27. The molecule has 106 valence electrons. The molecule has 20 heavy (non-hydrogen) atoms. The van der Waals surface area contributed by atoms with E-state index < -0.39 is 0 Å². The van der Waals surface area contributed by atoms with Gasteiger partial charge in [-0.25, -0.2) is 0 Å². The molecule has 2 aromatic rings. The minimum Gasteiger partial charge on any atom is -0.506 e. The van der Waals surface area contributed by atoms with Crippen molar-refractivity contribution in [3.8, 4) is 5.75 Å². The minimum atomic E-state index is 0.388. The van der Waals surface area contributed by atoms with Crippen molar-refractivity contribution in [1.82, 2.24) is 4.90 Å². The lowest BCUT2D eigenvalue weighted by atomic mass is 10.2. The minimum absolute atomic E-state index is 0.388. The smallest absolute Gasteiger partial charge is 0.138 e. The molecule has 4 heteroatoms. The third-order valence-corrected chi connectivity index (χ3v) is 4.79. The predicted octanol–water partition coefficient (Wildman–Crippen LogP) is 2.82. The Kier molecular flexibility index (Phi) is 4.23. The molecule has 1 aromatic heterocycles. The molecule has 3 rings (SSSR count). The molecule has 1 fully saturated rings. The number of para-hydroxylation sites is 2. The van der Waals surface area contributed by atoms with Gasteiger partial charge in [-0.15, -0.1) is 11.3 Å². The van der Waals surface area contributed by atoms with Crippen molar-refractivity contribution in [1.29, 1.82) is 0 Å². The average Bonchev–Trinajstić information content (AvgIpc) is 3.00. The summed E-state index contributed by atoms with van der Waals surface area (Å²) in [6.45, 7) is 5.25. The van der Waals surface area contributed by atoms with Crippen molar-refractivity contribution < 1.29 is 5.11 Å². The number of benzene rings is 1. The molecule has 1 aromatic carbocycles. The lowest BCUT2D eigenvalue weighted by Crippen LogP contribution is -2.46. The Morgan fingerprint density at radius 2 is 1.80 bits per heavy atom. The Morgan fingerprint density at radius 3 is 2.50 bits per heavy atom. The molecule has 0 radical (unpaired) electrons. The fraction of sp³-hybridized carbons (Fsp3) is 0.375. The molecule has 0 aliphatic carbocycles. The van der Waals surface area contributed by atoms with Crippen LogP contribution in [-0.4, -0.2) is 42.7 Å².